The van der Waals surface area contributed by atoms with E-state index < -0.39 is 28.3 Å². The van der Waals surface area contributed by atoms with Gasteiger partial charge in [0, 0.05) is 0 Å². The van der Waals surface area contributed by atoms with Crippen LogP contribution in [0.25, 0.3) is 0 Å². The Balaban J connectivity index is 1.59. The highest BCUT2D eigenvalue weighted by Crippen LogP contribution is 2.30. The number of benzene rings is 2. The van der Waals surface area contributed by atoms with Crippen molar-refractivity contribution < 1.29 is 27.1 Å². The second kappa shape index (κ2) is 7.83. The van der Waals surface area contributed by atoms with Crippen LogP contribution in [0.5, 0.6) is 11.5 Å². The maximum Gasteiger partial charge on any atom is 0.240 e. The summed E-state index contributed by atoms with van der Waals surface area (Å²) in [6.45, 7) is 0.00780. The van der Waals surface area contributed by atoms with E-state index in [-0.39, 0.29) is 24.9 Å². The van der Waals surface area contributed by atoms with Crippen LogP contribution in [-0.4, -0.2) is 46.4 Å². The zero-order valence-corrected chi connectivity index (χ0v) is 15.4. The molecule has 0 aliphatic carbocycles. The quantitative estimate of drug-likeness (QED) is 0.804. The van der Waals surface area contributed by atoms with Crippen molar-refractivity contribution in [2.75, 3.05) is 30.3 Å². The Morgan fingerprint density at radius 1 is 1.19 bits per heavy atom. The van der Waals surface area contributed by atoms with Gasteiger partial charge < -0.3 is 14.8 Å². The number of hydrogen-bond donors (Lipinski definition) is 1. The van der Waals surface area contributed by atoms with Gasteiger partial charge in [-0.15, -0.1) is 0 Å². The number of sulfonamides is 1. The van der Waals surface area contributed by atoms with Crippen molar-refractivity contribution in [3.05, 3.63) is 54.3 Å². The lowest BCUT2D eigenvalue weighted by molar-refractivity contribution is -0.120. The van der Waals surface area contributed by atoms with Gasteiger partial charge in [-0.2, -0.15) is 0 Å². The fraction of sp³-hybridized carbons (Fsp3) is 0.278. The molecule has 0 radical (unpaired) electrons. The molecule has 0 aromatic heterocycles. The topological polar surface area (TPSA) is 84.9 Å². The number of rotatable bonds is 6. The van der Waals surface area contributed by atoms with Gasteiger partial charge >= 0.3 is 0 Å². The Kier molecular flexibility index (Phi) is 5.50. The lowest BCUT2D eigenvalue weighted by Gasteiger charge is -2.27. The number of carbonyl (C=O) groups is 1. The van der Waals surface area contributed by atoms with Gasteiger partial charge in [-0.05, 0) is 36.4 Å². The summed E-state index contributed by atoms with van der Waals surface area (Å²) in [5.41, 5.74) is 0.209. The summed E-state index contributed by atoms with van der Waals surface area (Å²) in [7, 11) is -3.71. The van der Waals surface area contributed by atoms with Crippen molar-refractivity contribution in [3.8, 4) is 11.5 Å². The van der Waals surface area contributed by atoms with Crippen molar-refractivity contribution in [1.82, 2.24) is 5.32 Å². The zero-order valence-electron chi connectivity index (χ0n) is 14.6. The molecule has 0 fully saturated rings. The van der Waals surface area contributed by atoms with E-state index in [4.69, 9.17) is 9.47 Å². The predicted molar refractivity (Wildman–Crippen MR) is 98.0 cm³/mol. The molecular weight excluding hydrogens is 375 g/mol. The van der Waals surface area contributed by atoms with Gasteiger partial charge in [-0.25, -0.2) is 12.8 Å². The molecule has 2 aromatic carbocycles. The summed E-state index contributed by atoms with van der Waals surface area (Å²) in [6.07, 6.45) is 0.597. The molecule has 0 saturated carbocycles. The number of para-hydroxylation sites is 2. The van der Waals surface area contributed by atoms with Crippen LogP contribution in [0.3, 0.4) is 0 Å². The van der Waals surface area contributed by atoms with Crippen molar-refractivity contribution >= 4 is 21.6 Å². The van der Waals surface area contributed by atoms with Crippen LogP contribution in [0.2, 0.25) is 0 Å². The second-order valence-corrected chi connectivity index (χ2v) is 7.95. The maximum absolute atomic E-state index is 13.1. The third-order valence-electron chi connectivity index (χ3n) is 3.90. The smallest absolute Gasteiger partial charge is 0.240 e. The predicted octanol–water partition coefficient (Wildman–Crippen LogP) is 1.55. The van der Waals surface area contributed by atoms with Crippen LogP contribution in [0.4, 0.5) is 10.1 Å². The minimum absolute atomic E-state index is 0.161. The minimum atomic E-state index is -3.71. The molecule has 0 unspecified atom stereocenters. The van der Waals surface area contributed by atoms with Crippen LogP contribution in [0, 0.1) is 5.82 Å². The highest BCUT2D eigenvalue weighted by molar-refractivity contribution is 7.92. The normalized spacial score (nSPS) is 15.9. The van der Waals surface area contributed by atoms with Crippen LogP contribution in [0.1, 0.15) is 0 Å². The minimum Gasteiger partial charge on any atom is -0.486 e. The van der Waals surface area contributed by atoms with Gasteiger partial charge in [0.25, 0.3) is 0 Å². The molecule has 7 nitrogen and oxygen atoms in total. The third kappa shape index (κ3) is 4.88. The van der Waals surface area contributed by atoms with Crippen molar-refractivity contribution in [2.45, 2.75) is 6.10 Å². The fourth-order valence-corrected chi connectivity index (χ4v) is 3.44. The Hall–Kier alpha value is -2.81. The largest absolute Gasteiger partial charge is 0.486 e. The molecule has 1 amide bonds. The van der Waals surface area contributed by atoms with E-state index in [9.17, 15) is 17.6 Å². The summed E-state index contributed by atoms with van der Waals surface area (Å²) in [5, 5.41) is 2.64. The van der Waals surface area contributed by atoms with Gasteiger partial charge in [0.2, 0.25) is 15.9 Å². The Labute approximate surface area is 156 Å². The molecule has 2 aromatic rings. The van der Waals surface area contributed by atoms with E-state index >= 15 is 0 Å². The number of ether oxygens (including phenoxy) is 2. The van der Waals surface area contributed by atoms with Crippen molar-refractivity contribution in [3.63, 3.8) is 0 Å². The highest BCUT2D eigenvalue weighted by atomic mass is 32.2. The first kappa shape index (κ1) is 19.0. The number of hydrogen-bond acceptors (Lipinski definition) is 5. The summed E-state index contributed by atoms with van der Waals surface area (Å²) < 4.78 is 49.3. The first-order valence-electron chi connectivity index (χ1n) is 8.21. The Morgan fingerprint density at radius 2 is 1.85 bits per heavy atom. The Morgan fingerprint density at radius 3 is 2.52 bits per heavy atom. The highest BCUT2D eigenvalue weighted by Gasteiger charge is 2.24. The summed E-state index contributed by atoms with van der Waals surface area (Å²) in [5.74, 6) is 0.227. The van der Waals surface area contributed by atoms with Crippen LogP contribution >= 0.6 is 0 Å². The molecule has 3 rings (SSSR count). The average Bonchev–Trinajstić information content (AvgIpc) is 2.64. The molecule has 9 heteroatoms. The van der Waals surface area contributed by atoms with E-state index in [1.54, 1.807) is 12.1 Å². The molecule has 0 spiro atoms. The lowest BCUT2D eigenvalue weighted by Crippen LogP contribution is -2.45. The van der Waals surface area contributed by atoms with Gasteiger partial charge in [-0.3, -0.25) is 9.10 Å². The van der Waals surface area contributed by atoms with Gasteiger partial charge in [-0.1, -0.05) is 12.1 Å². The van der Waals surface area contributed by atoms with Crippen LogP contribution in [-0.2, 0) is 14.8 Å². The summed E-state index contributed by atoms with van der Waals surface area (Å²) in [6, 6.07) is 12.1. The first-order chi connectivity index (χ1) is 12.8. The number of nitrogens with one attached hydrogen (secondary N) is 1. The molecule has 1 aliphatic heterocycles. The fourth-order valence-electron chi connectivity index (χ4n) is 2.59. The number of fused-ring (bicyclic) bond motifs is 1. The summed E-state index contributed by atoms with van der Waals surface area (Å²) in [4.78, 5) is 12.2. The molecular formula is C18H19FN2O5S. The molecule has 144 valence electrons. The van der Waals surface area contributed by atoms with E-state index in [1.807, 2.05) is 12.1 Å². The zero-order chi connectivity index (χ0) is 19.4. The molecule has 1 N–H and O–H groups in total. The standard InChI is InChI=1S/C18H19FN2O5S/c1-27(23,24)21(14-8-6-13(19)7-9-14)11-18(22)20-10-15-12-25-16-4-2-3-5-17(16)26-15/h2-9,15H,10-12H2,1H3,(H,20,22)/t15-/m0/s1. The number of carbonyl (C=O) groups excluding carboxylic acids is 1. The van der Waals surface area contributed by atoms with Gasteiger partial charge in [0.05, 0.1) is 18.5 Å². The number of halogens is 1. The van der Waals surface area contributed by atoms with Gasteiger partial charge in [0.1, 0.15) is 25.1 Å². The van der Waals surface area contributed by atoms with Gasteiger partial charge in [0.15, 0.2) is 11.5 Å². The van der Waals surface area contributed by atoms with Crippen molar-refractivity contribution in [1.29, 1.82) is 0 Å². The average molecular weight is 394 g/mol. The van der Waals surface area contributed by atoms with E-state index in [2.05, 4.69) is 5.32 Å². The lowest BCUT2D eigenvalue weighted by atomic mass is 10.2. The summed E-state index contributed by atoms with van der Waals surface area (Å²) >= 11 is 0. The number of amides is 1. The number of anilines is 1. The molecule has 1 atom stereocenters. The van der Waals surface area contributed by atoms with Crippen molar-refractivity contribution in [2.24, 2.45) is 0 Å². The molecule has 1 aliphatic rings. The molecule has 0 bridgehead atoms. The van der Waals surface area contributed by atoms with E-state index in [0.717, 1.165) is 22.7 Å². The molecule has 1 heterocycles. The van der Waals surface area contributed by atoms with E-state index in [0.29, 0.717) is 11.5 Å². The Bertz CT molecular complexity index is 918. The maximum atomic E-state index is 13.1. The second-order valence-electron chi connectivity index (χ2n) is 6.05. The molecule has 0 saturated heterocycles. The van der Waals surface area contributed by atoms with E-state index in [1.165, 1.54) is 12.1 Å². The van der Waals surface area contributed by atoms with Crippen LogP contribution < -0.4 is 19.1 Å². The SMILES string of the molecule is CS(=O)(=O)N(CC(=O)NC[C@H]1COc2ccccc2O1)c1ccc(F)cc1. The number of nitrogens with zero attached hydrogens (tertiary/aromatic N) is 1. The monoisotopic (exact) mass is 394 g/mol. The third-order valence-corrected chi connectivity index (χ3v) is 5.04. The molecule has 27 heavy (non-hydrogen) atoms. The first-order valence-corrected chi connectivity index (χ1v) is 10.1. The van der Waals surface area contributed by atoms with Crippen LogP contribution in [0.15, 0.2) is 48.5 Å².